The molecule has 7 nitrogen and oxygen atoms in total. The van der Waals surface area contributed by atoms with Crippen LogP contribution in [-0.2, 0) is 9.59 Å². The number of benzene rings is 2. The minimum Gasteiger partial charge on any atom is -0.504 e. The average Bonchev–Trinajstić information content (AvgIpc) is 2.68. The summed E-state index contributed by atoms with van der Waals surface area (Å²) < 4.78 is 10.6. The number of methoxy groups -OCH3 is 1. The van der Waals surface area contributed by atoms with Crippen molar-refractivity contribution in [3.05, 3.63) is 53.6 Å². The van der Waals surface area contributed by atoms with Gasteiger partial charge in [-0.25, -0.2) is 4.90 Å². The Morgan fingerprint density at radius 2 is 1.93 bits per heavy atom. The number of ether oxygens (including phenoxy) is 2. The van der Waals surface area contributed by atoms with Gasteiger partial charge in [0.1, 0.15) is 11.3 Å². The molecule has 2 aromatic rings. The minimum atomic E-state index is -0.604. The summed E-state index contributed by atoms with van der Waals surface area (Å²) in [5.41, 5.74) is 0.840. The van der Waals surface area contributed by atoms with Crippen molar-refractivity contribution in [1.82, 2.24) is 5.32 Å². The highest BCUT2D eigenvalue weighted by atomic mass is 32.1. The Morgan fingerprint density at radius 3 is 2.64 bits per heavy atom. The number of carbonyl (C=O) groups is 2. The van der Waals surface area contributed by atoms with Crippen LogP contribution < -0.4 is 19.7 Å². The first kappa shape index (κ1) is 19.4. The second-order valence-corrected chi connectivity index (χ2v) is 6.18. The summed E-state index contributed by atoms with van der Waals surface area (Å²) >= 11 is 5.20. The van der Waals surface area contributed by atoms with Gasteiger partial charge in [0.05, 0.1) is 19.4 Å². The van der Waals surface area contributed by atoms with Crippen LogP contribution in [-0.4, -0.2) is 35.8 Å². The van der Waals surface area contributed by atoms with E-state index in [2.05, 4.69) is 5.32 Å². The van der Waals surface area contributed by atoms with Gasteiger partial charge in [-0.05, 0) is 55.0 Å². The predicted molar refractivity (Wildman–Crippen MR) is 108 cm³/mol. The van der Waals surface area contributed by atoms with Crippen LogP contribution in [0.4, 0.5) is 5.69 Å². The van der Waals surface area contributed by atoms with E-state index in [1.54, 1.807) is 43.3 Å². The van der Waals surface area contributed by atoms with Gasteiger partial charge < -0.3 is 14.6 Å². The van der Waals surface area contributed by atoms with Gasteiger partial charge in [-0.15, -0.1) is 0 Å². The van der Waals surface area contributed by atoms with E-state index in [0.29, 0.717) is 23.6 Å². The molecule has 0 saturated carbocycles. The summed E-state index contributed by atoms with van der Waals surface area (Å²) in [6, 6.07) is 11.4. The lowest BCUT2D eigenvalue weighted by Crippen LogP contribution is -2.54. The molecule has 0 radical (unpaired) electrons. The van der Waals surface area contributed by atoms with Crippen molar-refractivity contribution in [1.29, 1.82) is 0 Å². The van der Waals surface area contributed by atoms with Crippen LogP contribution in [0.5, 0.6) is 17.2 Å². The van der Waals surface area contributed by atoms with E-state index >= 15 is 0 Å². The molecule has 1 aliphatic heterocycles. The molecular formula is C20H18N2O5S. The highest BCUT2D eigenvalue weighted by Crippen LogP contribution is 2.32. The van der Waals surface area contributed by atoms with Crippen LogP contribution >= 0.6 is 12.2 Å². The number of hydrogen-bond donors (Lipinski definition) is 2. The number of phenolic OH excluding ortho intramolecular Hbond substituents is 1. The van der Waals surface area contributed by atoms with Crippen molar-refractivity contribution in [2.75, 3.05) is 18.6 Å². The number of nitrogens with one attached hydrogen (secondary N) is 1. The summed E-state index contributed by atoms with van der Waals surface area (Å²) in [7, 11) is 1.48. The number of anilines is 1. The third kappa shape index (κ3) is 3.67. The smallest absolute Gasteiger partial charge is 0.270 e. The van der Waals surface area contributed by atoms with Crippen LogP contribution in [0, 0.1) is 0 Å². The van der Waals surface area contributed by atoms with Gasteiger partial charge in [0, 0.05) is 0 Å². The first-order valence-electron chi connectivity index (χ1n) is 8.46. The fourth-order valence-electron chi connectivity index (χ4n) is 2.75. The molecule has 1 saturated heterocycles. The molecule has 1 aliphatic rings. The molecule has 0 atom stereocenters. The number of aromatic hydroxyl groups is 1. The Balaban J connectivity index is 2.03. The third-order valence-corrected chi connectivity index (χ3v) is 4.31. The Morgan fingerprint density at radius 1 is 1.18 bits per heavy atom. The molecule has 3 rings (SSSR count). The Kier molecular flexibility index (Phi) is 5.60. The molecule has 28 heavy (non-hydrogen) atoms. The Labute approximate surface area is 167 Å². The molecule has 0 aromatic heterocycles. The lowest BCUT2D eigenvalue weighted by Gasteiger charge is -2.29. The first-order chi connectivity index (χ1) is 13.5. The number of para-hydroxylation sites is 2. The maximum absolute atomic E-state index is 13.1. The standard InChI is InChI=1S/C20H18N2O5S/c1-3-27-17-11-12(8-9-15(17)23)10-13-18(24)21-20(28)22(19(13)25)14-6-4-5-7-16(14)26-2/h4-11,23H,3H2,1-2H3,(H,21,24,28)/b13-10-. The quantitative estimate of drug-likeness (QED) is 0.457. The van der Waals surface area contributed by atoms with Gasteiger partial charge in [0.2, 0.25) is 0 Å². The van der Waals surface area contributed by atoms with Crippen LogP contribution in [0.25, 0.3) is 6.08 Å². The number of carbonyl (C=O) groups excluding carboxylic acids is 2. The number of hydrogen-bond acceptors (Lipinski definition) is 6. The van der Waals surface area contributed by atoms with Crippen molar-refractivity contribution in [2.45, 2.75) is 6.92 Å². The number of rotatable bonds is 5. The number of nitrogens with zero attached hydrogens (tertiary/aromatic N) is 1. The minimum absolute atomic E-state index is 0.0275. The molecule has 0 unspecified atom stereocenters. The van der Waals surface area contributed by atoms with E-state index in [1.807, 2.05) is 0 Å². The van der Waals surface area contributed by atoms with E-state index in [9.17, 15) is 14.7 Å². The maximum Gasteiger partial charge on any atom is 0.270 e. The summed E-state index contributed by atoms with van der Waals surface area (Å²) in [5, 5.41) is 12.3. The van der Waals surface area contributed by atoms with Gasteiger partial charge >= 0.3 is 0 Å². The fourth-order valence-corrected chi connectivity index (χ4v) is 3.02. The van der Waals surface area contributed by atoms with Crippen LogP contribution in [0.3, 0.4) is 0 Å². The largest absolute Gasteiger partial charge is 0.504 e. The summed E-state index contributed by atoms with van der Waals surface area (Å²) in [5.74, 6) is -0.508. The van der Waals surface area contributed by atoms with E-state index in [1.165, 1.54) is 24.2 Å². The van der Waals surface area contributed by atoms with Gasteiger partial charge in [0.15, 0.2) is 16.6 Å². The SMILES string of the molecule is CCOc1cc(/C=C2/C(=O)NC(=S)N(c3ccccc3OC)C2=O)ccc1O. The molecule has 1 heterocycles. The molecular weight excluding hydrogens is 380 g/mol. The summed E-state index contributed by atoms with van der Waals surface area (Å²) in [6.45, 7) is 2.15. The monoisotopic (exact) mass is 398 g/mol. The lowest BCUT2D eigenvalue weighted by atomic mass is 10.1. The van der Waals surface area contributed by atoms with Crippen molar-refractivity contribution in [3.8, 4) is 17.2 Å². The topological polar surface area (TPSA) is 88.1 Å². The molecule has 1 fully saturated rings. The molecule has 2 amide bonds. The second kappa shape index (κ2) is 8.10. The second-order valence-electron chi connectivity index (χ2n) is 5.79. The summed E-state index contributed by atoms with van der Waals surface area (Å²) in [6.07, 6.45) is 1.42. The van der Waals surface area contributed by atoms with Crippen molar-refractivity contribution >= 4 is 40.9 Å². The zero-order valence-electron chi connectivity index (χ0n) is 15.3. The van der Waals surface area contributed by atoms with Gasteiger partial charge in [-0.2, -0.15) is 0 Å². The van der Waals surface area contributed by atoms with Crippen LogP contribution in [0.1, 0.15) is 12.5 Å². The molecule has 0 spiro atoms. The third-order valence-electron chi connectivity index (χ3n) is 4.02. The molecule has 0 aliphatic carbocycles. The van der Waals surface area contributed by atoms with E-state index in [-0.39, 0.29) is 22.2 Å². The summed E-state index contributed by atoms with van der Waals surface area (Å²) in [4.78, 5) is 26.7. The highest BCUT2D eigenvalue weighted by molar-refractivity contribution is 7.80. The van der Waals surface area contributed by atoms with Crippen molar-refractivity contribution < 1.29 is 24.2 Å². The number of thiocarbonyl (C=S) groups is 1. The van der Waals surface area contributed by atoms with E-state index < -0.39 is 11.8 Å². The van der Waals surface area contributed by atoms with Crippen molar-refractivity contribution in [2.24, 2.45) is 0 Å². The highest BCUT2D eigenvalue weighted by Gasteiger charge is 2.35. The molecule has 144 valence electrons. The van der Waals surface area contributed by atoms with E-state index in [4.69, 9.17) is 21.7 Å². The average molecular weight is 398 g/mol. The van der Waals surface area contributed by atoms with Crippen LogP contribution in [0.2, 0.25) is 0 Å². The zero-order valence-corrected chi connectivity index (χ0v) is 16.1. The molecule has 2 aromatic carbocycles. The van der Waals surface area contributed by atoms with E-state index in [0.717, 1.165) is 0 Å². The maximum atomic E-state index is 13.1. The molecule has 0 bridgehead atoms. The van der Waals surface area contributed by atoms with Crippen molar-refractivity contribution in [3.63, 3.8) is 0 Å². The predicted octanol–water partition coefficient (Wildman–Crippen LogP) is 2.63. The Hall–Kier alpha value is -3.39. The van der Waals surface area contributed by atoms with Gasteiger partial charge in [-0.3, -0.25) is 14.9 Å². The van der Waals surface area contributed by atoms with Crippen LogP contribution in [0.15, 0.2) is 48.0 Å². The normalized spacial score (nSPS) is 15.6. The van der Waals surface area contributed by atoms with Gasteiger partial charge in [-0.1, -0.05) is 18.2 Å². The Bertz CT molecular complexity index is 986. The number of phenols is 1. The molecule has 8 heteroatoms. The zero-order chi connectivity index (χ0) is 20.3. The lowest BCUT2D eigenvalue weighted by molar-refractivity contribution is -0.122. The fraction of sp³-hybridized carbons (Fsp3) is 0.150. The van der Waals surface area contributed by atoms with Gasteiger partial charge in [0.25, 0.3) is 11.8 Å². The first-order valence-corrected chi connectivity index (χ1v) is 8.87. The molecule has 2 N–H and O–H groups in total. The number of amides is 2.